The summed E-state index contributed by atoms with van der Waals surface area (Å²) in [5.41, 5.74) is 4.62. The fourth-order valence-electron chi connectivity index (χ4n) is 2.19. The fourth-order valence-corrected chi connectivity index (χ4v) is 2.51. The number of fused-ring (bicyclic) bond motifs is 1. The van der Waals surface area contributed by atoms with Crippen LogP contribution in [-0.4, -0.2) is 9.38 Å². The van der Waals surface area contributed by atoms with Gasteiger partial charge in [-0.3, -0.25) is 0 Å². The predicted octanol–water partition coefficient (Wildman–Crippen LogP) is 4.52. The minimum atomic E-state index is -0.244. The van der Waals surface area contributed by atoms with Crippen LogP contribution in [0, 0.1) is 19.7 Å². The molecule has 0 aliphatic heterocycles. The molecule has 2 heterocycles. The first kappa shape index (κ1) is 12.4. The van der Waals surface area contributed by atoms with E-state index in [4.69, 9.17) is 0 Å². The molecule has 0 bridgehead atoms. The van der Waals surface area contributed by atoms with E-state index in [1.807, 2.05) is 36.6 Å². The summed E-state index contributed by atoms with van der Waals surface area (Å²) in [6.45, 7) is 4.01. The molecule has 96 valence electrons. The molecule has 0 saturated carbocycles. The fraction of sp³-hybridized carbons (Fsp3) is 0.133. The van der Waals surface area contributed by atoms with Gasteiger partial charge >= 0.3 is 0 Å². The number of pyridine rings is 1. The summed E-state index contributed by atoms with van der Waals surface area (Å²) in [6.07, 6.45) is 2.00. The Balaban J connectivity index is 2.28. The molecule has 2 aromatic heterocycles. The number of rotatable bonds is 1. The lowest BCUT2D eigenvalue weighted by Gasteiger charge is -2.01. The molecule has 0 aliphatic rings. The highest BCUT2D eigenvalue weighted by molar-refractivity contribution is 9.10. The van der Waals surface area contributed by atoms with Crippen LogP contribution >= 0.6 is 15.9 Å². The van der Waals surface area contributed by atoms with Crippen molar-refractivity contribution in [2.75, 3.05) is 0 Å². The van der Waals surface area contributed by atoms with Gasteiger partial charge in [0.25, 0.3) is 0 Å². The molecule has 1 aromatic carbocycles. The van der Waals surface area contributed by atoms with Gasteiger partial charge in [-0.25, -0.2) is 9.37 Å². The first-order valence-corrected chi connectivity index (χ1v) is 6.76. The van der Waals surface area contributed by atoms with E-state index in [0.717, 1.165) is 32.6 Å². The van der Waals surface area contributed by atoms with Gasteiger partial charge in [0, 0.05) is 21.9 Å². The number of nitrogens with zero attached hydrogens (tertiary/aromatic N) is 2. The van der Waals surface area contributed by atoms with Crippen molar-refractivity contribution in [3.05, 3.63) is 58.1 Å². The van der Waals surface area contributed by atoms with E-state index >= 15 is 0 Å². The van der Waals surface area contributed by atoms with Gasteiger partial charge in [-0.2, -0.15) is 0 Å². The monoisotopic (exact) mass is 318 g/mol. The number of benzene rings is 1. The number of hydrogen-bond acceptors (Lipinski definition) is 1. The topological polar surface area (TPSA) is 17.3 Å². The first-order valence-electron chi connectivity index (χ1n) is 5.97. The van der Waals surface area contributed by atoms with Crippen LogP contribution in [0.3, 0.4) is 0 Å². The molecule has 0 fully saturated rings. The maximum absolute atomic E-state index is 13.3. The van der Waals surface area contributed by atoms with Crippen LogP contribution in [0.25, 0.3) is 16.9 Å². The second-order valence-corrected chi connectivity index (χ2v) is 5.44. The molecule has 0 unspecified atom stereocenters. The van der Waals surface area contributed by atoms with Gasteiger partial charge in [0.1, 0.15) is 11.5 Å². The second kappa shape index (κ2) is 4.46. The summed E-state index contributed by atoms with van der Waals surface area (Å²) in [5.74, 6) is -0.244. The van der Waals surface area contributed by atoms with Crippen LogP contribution in [0.1, 0.15) is 11.3 Å². The molecule has 0 saturated heterocycles. The smallest absolute Gasteiger partial charge is 0.137 e. The van der Waals surface area contributed by atoms with E-state index in [1.54, 1.807) is 6.07 Å². The highest BCUT2D eigenvalue weighted by atomic mass is 79.9. The van der Waals surface area contributed by atoms with Gasteiger partial charge in [0.2, 0.25) is 0 Å². The van der Waals surface area contributed by atoms with Gasteiger partial charge in [0.05, 0.1) is 5.69 Å². The van der Waals surface area contributed by atoms with Crippen LogP contribution in [0.4, 0.5) is 4.39 Å². The summed E-state index contributed by atoms with van der Waals surface area (Å²) in [6, 6.07) is 8.54. The van der Waals surface area contributed by atoms with E-state index < -0.39 is 0 Å². The average molecular weight is 319 g/mol. The average Bonchev–Trinajstić information content (AvgIpc) is 2.68. The molecular formula is C15H12BrFN2. The van der Waals surface area contributed by atoms with Gasteiger partial charge in [-0.05, 0) is 53.5 Å². The largest absolute Gasteiger partial charge is 0.303 e. The van der Waals surface area contributed by atoms with E-state index in [2.05, 4.69) is 20.9 Å². The third-order valence-corrected chi connectivity index (χ3v) is 4.07. The zero-order valence-corrected chi connectivity index (χ0v) is 12.2. The third-order valence-electron chi connectivity index (χ3n) is 3.24. The Morgan fingerprint density at radius 2 is 2.00 bits per heavy atom. The van der Waals surface area contributed by atoms with Gasteiger partial charge < -0.3 is 4.40 Å². The summed E-state index contributed by atoms with van der Waals surface area (Å²) in [7, 11) is 0. The summed E-state index contributed by atoms with van der Waals surface area (Å²) < 4.78 is 16.4. The summed E-state index contributed by atoms with van der Waals surface area (Å²) >= 11 is 3.52. The van der Waals surface area contributed by atoms with Crippen molar-refractivity contribution < 1.29 is 4.39 Å². The van der Waals surface area contributed by atoms with Gasteiger partial charge in [-0.15, -0.1) is 0 Å². The highest BCUT2D eigenvalue weighted by Crippen LogP contribution is 2.27. The van der Waals surface area contributed by atoms with Crippen LogP contribution in [-0.2, 0) is 0 Å². The van der Waals surface area contributed by atoms with Crippen molar-refractivity contribution >= 4 is 21.6 Å². The van der Waals surface area contributed by atoms with Crippen molar-refractivity contribution in [3.63, 3.8) is 0 Å². The summed E-state index contributed by atoms with van der Waals surface area (Å²) in [4.78, 5) is 4.60. The van der Waals surface area contributed by atoms with Crippen LogP contribution in [0.15, 0.2) is 41.0 Å². The van der Waals surface area contributed by atoms with E-state index in [-0.39, 0.29) is 5.82 Å². The van der Waals surface area contributed by atoms with Crippen molar-refractivity contribution in [3.8, 4) is 11.3 Å². The van der Waals surface area contributed by atoms with Crippen molar-refractivity contribution in [1.82, 2.24) is 9.38 Å². The van der Waals surface area contributed by atoms with Crippen LogP contribution in [0.2, 0.25) is 0 Å². The number of hydrogen-bond donors (Lipinski definition) is 0. The minimum absolute atomic E-state index is 0.244. The lowest BCUT2D eigenvalue weighted by molar-refractivity contribution is 0.628. The predicted molar refractivity (Wildman–Crippen MR) is 77.8 cm³/mol. The van der Waals surface area contributed by atoms with Crippen LogP contribution in [0.5, 0.6) is 0 Å². The molecule has 19 heavy (non-hydrogen) atoms. The second-order valence-electron chi connectivity index (χ2n) is 4.59. The molecule has 0 amide bonds. The number of aromatic nitrogens is 2. The Hall–Kier alpha value is -1.68. The van der Waals surface area contributed by atoms with Crippen molar-refractivity contribution in [2.45, 2.75) is 13.8 Å². The Kier molecular flexibility index (Phi) is 2.90. The number of imidazole rings is 1. The molecule has 0 aliphatic carbocycles. The molecule has 4 heteroatoms. The van der Waals surface area contributed by atoms with Crippen molar-refractivity contribution in [1.29, 1.82) is 0 Å². The van der Waals surface area contributed by atoms with E-state index in [1.165, 1.54) is 12.1 Å². The lowest BCUT2D eigenvalue weighted by Crippen LogP contribution is -1.89. The zero-order chi connectivity index (χ0) is 13.6. The molecule has 2 nitrogen and oxygen atoms in total. The highest BCUT2D eigenvalue weighted by Gasteiger charge is 2.12. The van der Waals surface area contributed by atoms with Crippen LogP contribution < -0.4 is 0 Å². The van der Waals surface area contributed by atoms with E-state index in [9.17, 15) is 4.39 Å². The Labute approximate surface area is 119 Å². The molecule has 0 spiro atoms. The SMILES string of the molecule is Cc1cc2nc(-c3cccc(F)c3)c(C)n2cc1Br. The Bertz CT molecular complexity index is 777. The molecule has 3 aromatic rings. The quantitative estimate of drug-likeness (QED) is 0.644. The lowest BCUT2D eigenvalue weighted by atomic mass is 10.1. The minimum Gasteiger partial charge on any atom is -0.303 e. The zero-order valence-electron chi connectivity index (χ0n) is 10.6. The Morgan fingerprint density at radius 1 is 1.21 bits per heavy atom. The van der Waals surface area contributed by atoms with E-state index in [0.29, 0.717) is 0 Å². The first-order chi connectivity index (χ1) is 9.06. The summed E-state index contributed by atoms with van der Waals surface area (Å²) in [5, 5.41) is 0. The standard InChI is InChI=1S/C15H12BrFN2/c1-9-6-14-18-15(10(2)19(14)8-13(9)16)11-4-3-5-12(17)7-11/h3-8H,1-2H3. The number of aryl methyl sites for hydroxylation is 2. The molecular weight excluding hydrogens is 307 g/mol. The number of halogens is 2. The van der Waals surface area contributed by atoms with Gasteiger partial charge in [-0.1, -0.05) is 12.1 Å². The maximum Gasteiger partial charge on any atom is 0.137 e. The molecule has 0 radical (unpaired) electrons. The van der Waals surface area contributed by atoms with Gasteiger partial charge in [0.15, 0.2) is 0 Å². The maximum atomic E-state index is 13.3. The normalized spacial score (nSPS) is 11.2. The Morgan fingerprint density at radius 3 is 2.74 bits per heavy atom. The molecule has 0 atom stereocenters. The third kappa shape index (κ3) is 2.06. The van der Waals surface area contributed by atoms with Crippen molar-refractivity contribution in [2.24, 2.45) is 0 Å². The molecule has 0 N–H and O–H groups in total. The molecule has 3 rings (SSSR count).